The Balaban J connectivity index is 1.17. The average Bonchev–Trinajstić information content (AvgIpc) is 3.28. The molecule has 0 nitrogen and oxygen atoms in total. The predicted octanol–water partition coefficient (Wildman–Crippen LogP) is 15.8. The van der Waals surface area contributed by atoms with Crippen molar-refractivity contribution in [3.05, 3.63) is 218 Å². The van der Waals surface area contributed by atoms with Gasteiger partial charge in [-0.1, -0.05) is 188 Å². The van der Waals surface area contributed by atoms with Crippen LogP contribution in [0.15, 0.2) is 218 Å². The van der Waals surface area contributed by atoms with Crippen LogP contribution in [0.25, 0.3) is 109 Å². The van der Waals surface area contributed by atoms with E-state index in [0.29, 0.717) is 0 Å². The molecule has 11 aromatic rings. The van der Waals surface area contributed by atoms with Crippen molar-refractivity contribution in [2.24, 2.45) is 0 Å². The third kappa shape index (κ3) is 5.38. The molecule has 0 fully saturated rings. The van der Waals surface area contributed by atoms with Gasteiger partial charge >= 0.3 is 0 Å². The Bertz CT molecular complexity index is 3300. The molecule has 0 aromatic heterocycles. The van der Waals surface area contributed by atoms with Crippen molar-refractivity contribution in [3.63, 3.8) is 0 Å². The van der Waals surface area contributed by atoms with Crippen molar-refractivity contribution >= 4 is 53.9 Å². The summed E-state index contributed by atoms with van der Waals surface area (Å²) in [5.41, 5.74) is 12.3. The Hall–Kier alpha value is -7.28. The second-order valence-corrected chi connectivity index (χ2v) is 14.8. The van der Waals surface area contributed by atoms with Crippen molar-refractivity contribution in [1.82, 2.24) is 0 Å². The summed E-state index contributed by atoms with van der Waals surface area (Å²) in [4.78, 5) is 0. The Morgan fingerprint density at radius 1 is 0.179 bits per heavy atom. The second-order valence-electron chi connectivity index (χ2n) is 14.8. The summed E-state index contributed by atoms with van der Waals surface area (Å²) < 4.78 is 0. The highest BCUT2D eigenvalue weighted by molar-refractivity contribution is 6.22. The first-order valence-electron chi connectivity index (χ1n) is 19.4. The normalized spacial score (nSPS) is 11.6. The molecule has 0 atom stereocenters. The molecule has 11 rings (SSSR count). The number of hydrogen-bond donors (Lipinski definition) is 0. The van der Waals surface area contributed by atoms with E-state index in [2.05, 4.69) is 218 Å². The van der Waals surface area contributed by atoms with Gasteiger partial charge in [-0.3, -0.25) is 0 Å². The maximum Gasteiger partial charge on any atom is -0.00259 e. The average molecular weight is 709 g/mol. The van der Waals surface area contributed by atoms with Crippen LogP contribution >= 0.6 is 0 Å². The smallest absolute Gasteiger partial charge is 0.00259 e. The molecule has 0 unspecified atom stereocenters. The lowest BCUT2D eigenvalue weighted by Gasteiger charge is -2.20. The lowest BCUT2D eigenvalue weighted by atomic mass is 9.83. The first-order valence-corrected chi connectivity index (χ1v) is 19.4. The fourth-order valence-electron chi connectivity index (χ4n) is 8.97. The monoisotopic (exact) mass is 708 g/mol. The molecule has 0 saturated carbocycles. The molecular weight excluding hydrogens is 673 g/mol. The van der Waals surface area contributed by atoms with Crippen LogP contribution in [0, 0.1) is 0 Å². The van der Waals surface area contributed by atoms with Crippen molar-refractivity contribution in [2.45, 2.75) is 0 Å². The quantitative estimate of drug-likeness (QED) is 0.123. The minimum absolute atomic E-state index is 1.21. The van der Waals surface area contributed by atoms with E-state index in [-0.39, 0.29) is 0 Å². The van der Waals surface area contributed by atoms with E-state index in [1.54, 1.807) is 0 Å². The highest BCUT2D eigenvalue weighted by Gasteiger charge is 2.19. The van der Waals surface area contributed by atoms with Gasteiger partial charge < -0.3 is 0 Å². The lowest BCUT2D eigenvalue weighted by molar-refractivity contribution is 1.61. The predicted molar refractivity (Wildman–Crippen MR) is 241 cm³/mol. The van der Waals surface area contributed by atoms with Gasteiger partial charge in [0, 0.05) is 0 Å². The van der Waals surface area contributed by atoms with Gasteiger partial charge in [-0.2, -0.15) is 0 Å². The zero-order valence-electron chi connectivity index (χ0n) is 30.8. The first-order chi connectivity index (χ1) is 27.8. The highest BCUT2D eigenvalue weighted by Crippen LogP contribution is 2.46. The molecule has 56 heavy (non-hydrogen) atoms. The van der Waals surface area contributed by atoms with Gasteiger partial charge in [-0.25, -0.2) is 0 Å². The summed E-state index contributed by atoms with van der Waals surface area (Å²) >= 11 is 0. The largest absolute Gasteiger partial charge is 0.0622 e. The van der Waals surface area contributed by atoms with Gasteiger partial charge in [0.25, 0.3) is 0 Å². The lowest BCUT2D eigenvalue weighted by Crippen LogP contribution is -1.93. The van der Waals surface area contributed by atoms with Crippen molar-refractivity contribution in [2.75, 3.05) is 0 Å². The molecule has 0 amide bonds. The van der Waals surface area contributed by atoms with Crippen LogP contribution in [0.1, 0.15) is 0 Å². The molecule has 0 radical (unpaired) electrons. The summed E-state index contributed by atoms with van der Waals surface area (Å²) in [5, 5.41) is 12.6. The Morgan fingerprint density at radius 3 is 1.43 bits per heavy atom. The van der Waals surface area contributed by atoms with Crippen molar-refractivity contribution < 1.29 is 0 Å². The fourth-order valence-corrected chi connectivity index (χ4v) is 8.97. The molecule has 0 saturated heterocycles. The number of hydrogen-bond acceptors (Lipinski definition) is 0. The van der Waals surface area contributed by atoms with Gasteiger partial charge in [0.1, 0.15) is 0 Å². The highest BCUT2D eigenvalue weighted by atomic mass is 14.2. The summed E-state index contributed by atoms with van der Waals surface area (Å²) in [6, 6.07) is 80.5. The van der Waals surface area contributed by atoms with Gasteiger partial charge in [-0.15, -0.1) is 0 Å². The van der Waals surface area contributed by atoms with Gasteiger partial charge in [0.15, 0.2) is 0 Å². The molecular formula is C56H36. The van der Waals surface area contributed by atoms with Crippen LogP contribution in [-0.4, -0.2) is 0 Å². The zero-order chi connectivity index (χ0) is 37.0. The van der Waals surface area contributed by atoms with E-state index in [0.717, 1.165) is 0 Å². The van der Waals surface area contributed by atoms with Crippen molar-refractivity contribution in [1.29, 1.82) is 0 Å². The number of fused-ring (bicyclic) bond motifs is 6. The SMILES string of the molecule is c1ccc(-c2ccc3c(-c4cccc(-c5ccc6ccccc6c5)c4)c4ccccc4c(-c4cccc(-c5cc6ccccc6c6ccccc56)c4)c3c2)cc1. The summed E-state index contributed by atoms with van der Waals surface area (Å²) in [5.74, 6) is 0. The maximum absolute atomic E-state index is 2.42. The molecule has 0 heterocycles. The van der Waals surface area contributed by atoms with Gasteiger partial charge in [0.05, 0.1) is 0 Å². The summed E-state index contributed by atoms with van der Waals surface area (Å²) in [6.07, 6.45) is 0. The van der Waals surface area contributed by atoms with E-state index < -0.39 is 0 Å². The Kier molecular flexibility index (Phi) is 7.60. The molecule has 0 N–H and O–H groups in total. The van der Waals surface area contributed by atoms with Crippen LogP contribution in [0.5, 0.6) is 0 Å². The first kappa shape index (κ1) is 32.2. The molecule has 0 spiro atoms. The van der Waals surface area contributed by atoms with Crippen LogP contribution < -0.4 is 0 Å². The van der Waals surface area contributed by atoms with Gasteiger partial charge in [0.2, 0.25) is 0 Å². The molecule has 0 heteroatoms. The number of benzene rings is 11. The molecule has 0 aliphatic heterocycles. The molecule has 0 bridgehead atoms. The summed E-state index contributed by atoms with van der Waals surface area (Å²) in [6.45, 7) is 0. The Labute approximate surface area is 326 Å². The second kappa shape index (κ2) is 13.2. The maximum atomic E-state index is 2.42. The van der Waals surface area contributed by atoms with Crippen molar-refractivity contribution in [3.8, 4) is 55.6 Å². The zero-order valence-corrected chi connectivity index (χ0v) is 30.8. The third-order valence-corrected chi connectivity index (χ3v) is 11.6. The van der Waals surface area contributed by atoms with E-state index in [4.69, 9.17) is 0 Å². The minimum atomic E-state index is 1.21. The molecule has 260 valence electrons. The van der Waals surface area contributed by atoms with E-state index in [9.17, 15) is 0 Å². The van der Waals surface area contributed by atoms with E-state index in [1.165, 1.54) is 109 Å². The fraction of sp³-hybridized carbons (Fsp3) is 0. The molecule has 11 aromatic carbocycles. The van der Waals surface area contributed by atoms with Crippen LogP contribution in [0.2, 0.25) is 0 Å². The third-order valence-electron chi connectivity index (χ3n) is 11.6. The van der Waals surface area contributed by atoms with Gasteiger partial charge in [-0.05, 0) is 140 Å². The van der Waals surface area contributed by atoms with Crippen LogP contribution in [0.3, 0.4) is 0 Å². The number of rotatable bonds is 5. The molecule has 0 aliphatic carbocycles. The van der Waals surface area contributed by atoms with Crippen LogP contribution in [0.4, 0.5) is 0 Å². The Morgan fingerprint density at radius 2 is 0.661 bits per heavy atom. The minimum Gasteiger partial charge on any atom is -0.0622 e. The molecule has 0 aliphatic rings. The summed E-state index contributed by atoms with van der Waals surface area (Å²) in [7, 11) is 0. The topological polar surface area (TPSA) is 0 Å². The standard InChI is InChI=1S/C56H36/c1-2-14-37(15-3-1)42-30-31-52-54(35-42)56(46-22-13-20-43(34-46)53-36-44-18-6-7-23-47(44)48-24-8-9-25-49(48)53)51-27-11-10-26-50(51)55(52)45-21-12-19-40(33-45)41-29-28-38-16-4-5-17-39(38)32-41/h1-36H. The van der Waals surface area contributed by atoms with Crippen LogP contribution in [-0.2, 0) is 0 Å². The van der Waals surface area contributed by atoms with E-state index >= 15 is 0 Å². The van der Waals surface area contributed by atoms with E-state index in [1.807, 2.05) is 0 Å².